The molecule has 0 saturated carbocycles. The van der Waals surface area contributed by atoms with E-state index < -0.39 is 0 Å². The first-order valence-electron chi connectivity index (χ1n) is 14.7. The third-order valence-corrected chi connectivity index (χ3v) is 10.1. The zero-order valence-corrected chi connectivity index (χ0v) is 28.8. The summed E-state index contributed by atoms with van der Waals surface area (Å²) in [5, 5.41) is 5.23. The van der Waals surface area contributed by atoms with Gasteiger partial charge in [-0.2, -0.15) is 4.58 Å². The number of likely N-dealkylation sites (N-methyl/N-ethyl adjacent to an activating group) is 1. The Kier molecular flexibility index (Phi) is 7.73. The van der Waals surface area contributed by atoms with Gasteiger partial charge in [0.15, 0.2) is 5.71 Å². The van der Waals surface area contributed by atoms with Crippen LogP contribution in [0, 0.1) is 0 Å². The Balaban J connectivity index is 1.20. The first kappa shape index (κ1) is 29.6. The zero-order chi connectivity index (χ0) is 30.5. The number of allylic oxidation sites excluding steroid dienone is 10. The molecule has 0 saturated heterocycles. The van der Waals surface area contributed by atoms with Crippen LogP contribution in [0.4, 0.5) is 11.4 Å². The normalized spacial score (nSPS) is 19.1. The molecule has 2 nitrogen and oxygen atoms in total. The van der Waals surface area contributed by atoms with Gasteiger partial charge in [0.05, 0.1) is 5.41 Å². The summed E-state index contributed by atoms with van der Waals surface area (Å²) in [7, 11) is 4.33. The Labute approximate surface area is 272 Å². The zero-order valence-electron chi connectivity index (χ0n) is 25.6. The predicted molar refractivity (Wildman–Crippen MR) is 194 cm³/mol. The quantitative estimate of drug-likeness (QED) is 0.149. The fourth-order valence-corrected chi connectivity index (χ4v) is 8.18. The highest BCUT2D eigenvalue weighted by Gasteiger charge is 2.44. The summed E-state index contributed by atoms with van der Waals surface area (Å²) in [6.07, 6.45) is 15.0. The molecule has 43 heavy (non-hydrogen) atoms. The van der Waals surface area contributed by atoms with Crippen LogP contribution in [-0.4, -0.2) is 24.4 Å². The van der Waals surface area contributed by atoms with Crippen LogP contribution >= 0.6 is 31.9 Å². The van der Waals surface area contributed by atoms with Gasteiger partial charge < -0.3 is 4.90 Å². The van der Waals surface area contributed by atoms with Gasteiger partial charge in [0.1, 0.15) is 7.05 Å². The van der Waals surface area contributed by atoms with E-state index in [1.807, 2.05) is 0 Å². The molecule has 0 atom stereocenters. The summed E-state index contributed by atoms with van der Waals surface area (Å²) >= 11 is 7.49. The molecule has 0 amide bonds. The van der Waals surface area contributed by atoms with Crippen molar-refractivity contribution < 1.29 is 4.58 Å². The van der Waals surface area contributed by atoms with E-state index in [-0.39, 0.29) is 10.8 Å². The van der Waals surface area contributed by atoms with Crippen molar-refractivity contribution in [3.63, 3.8) is 0 Å². The SMILES string of the molecule is CN1/C(=C/C=C/C(Br)=C/C(Br)=C/C=C/C2=[N+](C)c3ccc4ccccc4c3C2(C)C)C(C)(C)c2c1ccc1ccccc21. The largest absolute Gasteiger partial charge is 0.347 e. The summed E-state index contributed by atoms with van der Waals surface area (Å²) in [6, 6.07) is 26.3. The van der Waals surface area contributed by atoms with E-state index in [9.17, 15) is 0 Å². The van der Waals surface area contributed by atoms with E-state index in [0.29, 0.717) is 0 Å². The van der Waals surface area contributed by atoms with Crippen LogP contribution < -0.4 is 4.90 Å². The van der Waals surface area contributed by atoms with Crippen LogP contribution in [0.5, 0.6) is 0 Å². The molecule has 0 aliphatic carbocycles. The highest BCUT2D eigenvalue weighted by Crippen LogP contribution is 2.50. The van der Waals surface area contributed by atoms with E-state index in [0.717, 1.165) is 8.96 Å². The highest BCUT2D eigenvalue weighted by atomic mass is 79.9. The van der Waals surface area contributed by atoms with Gasteiger partial charge in [-0.15, -0.1) is 0 Å². The maximum atomic E-state index is 3.74. The lowest BCUT2D eigenvalue weighted by molar-refractivity contribution is -0.401. The van der Waals surface area contributed by atoms with Gasteiger partial charge in [-0.1, -0.05) is 112 Å². The van der Waals surface area contributed by atoms with Crippen molar-refractivity contribution in [2.24, 2.45) is 0 Å². The van der Waals surface area contributed by atoms with Crippen molar-refractivity contribution >= 4 is 70.5 Å². The summed E-state index contributed by atoms with van der Waals surface area (Å²) in [6.45, 7) is 9.28. The lowest BCUT2D eigenvalue weighted by Crippen LogP contribution is -2.26. The molecule has 2 aliphatic heterocycles. The first-order valence-corrected chi connectivity index (χ1v) is 16.3. The van der Waals surface area contributed by atoms with Crippen LogP contribution in [-0.2, 0) is 10.8 Å². The number of halogens is 2. The maximum absolute atomic E-state index is 3.74. The average molecular weight is 694 g/mol. The second kappa shape index (κ2) is 11.2. The molecule has 4 aromatic carbocycles. The minimum absolute atomic E-state index is 0.0957. The first-order chi connectivity index (χ1) is 20.5. The van der Waals surface area contributed by atoms with E-state index in [1.54, 1.807) is 0 Å². The Morgan fingerprint density at radius 3 is 2.07 bits per heavy atom. The van der Waals surface area contributed by atoms with Crippen molar-refractivity contribution in [2.75, 3.05) is 19.0 Å². The number of anilines is 1. The van der Waals surface area contributed by atoms with Crippen LogP contribution in [0.25, 0.3) is 21.5 Å². The lowest BCUT2D eigenvalue weighted by atomic mass is 9.79. The van der Waals surface area contributed by atoms with Crippen LogP contribution in [0.1, 0.15) is 38.8 Å². The Hall–Kier alpha value is -3.47. The minimum atomic E-state index is -0.0957. The Morgan fingerprint density at radius 1 is 0.744 bits per heavy atom. The molecule has 0 radical (unpaired) electrons. The van der Waals surface area contributed by atoms with E-state index >= 15 is 0 Å². The third-order valence-electron chi connectivity index (χ3n) is 9.09. The Morgan fingerprint density at radius 2 is 1.37 bits per heavy atom. The van der Waals surface area contributed by atoms with E-state index in [4.69, 9.17) is 0 Å². The molecule has 6 rings (SSSR count). The van der Waals surface area contributed by atoms with Gasteiger partial charge in [0.25, 0.3) is 0 Å². The van der Waals surface area contributed by atoms with Crippen molar-refractivity contribution in [1.29, 1.82) is 0 Å². The maximum Gasteiger partial charge on any atom is 0.210 e. The number of hydrogen-bond donors (Lipinski definition) is 0. The van der Waals surface area contributed by atoms with E-state index in [1.165, 1.54) is 55.5 Å². The molecule has 4 aromatic rings. The van der Waals surface area contributed by atoms with Crippen LogP contribution in [0.2, 0.25) is 0 Å². The number of benzene rings is 4. The number of nitrogens with zero attached hydrogens (tertiary/aromatic N) is 2. The molecule has 2 heterocycles. The highest BCUT2D eigenvalue weighted by molar-refractivity contribution is 9.12. The summed E-state index contributed by atoms with van der Waals surface area (Å²) in [5.41, 5.74) is 7.71. The predicted octanol–water partition coefficient (Wildman–Crippen LogP) is 11.0. The van der Waals surface area contributed by atoms with Gasteiger partial charge in [0, 0.05) is 50.5 Å². The number of rotatable bonds is 5. The molecule has 0 spiro atoms. The number of fused-ring (bicyclic) bond motifs is 6. The summed E-state index contributed by atoms with van der Waals surface area (Å²) < 4.78 is 4.31. The van der Waals surface area contributed by atoms with Gasteiger partial charge in [-0.05, 0) is 77.4 Å². The monoisotopic (exact) mass is 691 g/mol. The average Bonchev–Trinajstić information content (AvgIpc) is 3.30. The Bertz CT molecular complexity index is 1960. The molecule has 4 heteroatoms. The van der Waals surface area contributed by atoms with Crippen molar-refractivity contribution in [3.05, 3.63) is 141 Å². The summed E-state index contributed by atoms with van der Waals surface area (Å²) in [4.78, 5) is 2.32. The van der Waals surface area contributed by atoms with Gasteiger partial charge in [-0.3, -0.25) is 0 Å². The fraction of sp³-hybridized carbons (Fsp3) is 0.205. The second-order valence-electron chi connectivity index (χ2n) is 12.5. The van der Waals surface area contributed by atoms with Gasteiger partial charge >= 0.3 is 0 Å². The van der Waals surface area contributed by atoms with Crippen molar-refractivity contribution in [1.82, 2.24) is 0 Å². The summed E-state index contributed by atoms with van der Waals surface area (Å²) in [5.74, 6) is 0. The van der Waals surface area contributed by atoms with Crippen molar-refractivity contribution in [3.8, 4) is 0 Å². The lowest BCUT2D eigenvalue weighted by Gasteiger charge is -2.24. The fourth-order valence-electron chi connectivity index (χ4n) is 7.08. The third kappa shape index (κ3) is 5.09. The van der Waals surface area contributed by atoms with Gasteiger partial charge in [-0.25, -0.2) is 0 Å². The molecule has 0 N–H and O–H groups in total. The standard InChI is InChI=1S/C39H37Br2N2/c1-38(2)34(42(5)32-23-21-26-13-7-9-17-30(26)36(32)38)19-11-15-28(40)25-29(41)16-12-20-35-39(3,4)37-31-18-10-8-14-27(31)22-24-33(37)43(35)6/h7-25H,1-6H3/q+1. The topological polar surface area (TPSA) is 6.25 Å². The van der Waals surface area contributed by atoms with Crippen LogP contribution in [0.15, 0.2) is 130 Å². The second-order valence-corrected chi connectivity index (χ2v) is 14.3. The molecular weight excluding hydrogens is 656 g/mol. The molecule has 0 bridgehead atoms. The molecule has 216 valence electrons. The molecular formula is C39H37Br2N2+. The molecule has 0 unspecified atom stereocenters. The minimum Gasteiger partial charge on any atom is -0.347 e. The van der Waals surface area contributed by atoms with Crippen molar-refractivity contribution in [2.45, 2.75) is 38.5 Å². The molecule has 2 aliphatic rings. The molecule has 0 aromatic heterocycles. The van der Waals surface area contributed by atoms with Crippen LogP contribution in [0.3, 0.4) is 0 Å². The molecule has 0 fully saturated rings. The smallest absolute Gasteiger partial charge is 0.210 e. The number of hydrogen-bond acceptors (Lipinski definition) is 1. The van der Waals surface area contributed by atoms with Gasteiger partial charge in [0.2, 0.25) is 5.69 Å². The van der Waals surface area contributed by atoms with E-state index in [2.05, 4.69) is 198 Å².